The van der Waals surface area contributed by atoms with Crippen LogP contribution in [0.5, 0.6) is 5.75 Å². The van der Waals surface area contributed by atoms with E-state index in [0.29, 0.717) is 6.42 Å². The van der Waals surface area contributed by atoms with Crippen LogP contribution in [0, 0.1) is 6.92 Å². The lowest BCUT2D eigenvalue weighted by atomic mass is 10.2. The van der Waals surface area contributed by atoms with Crippen LogP contribution in [-0.2, 0) is 9.84 Å². The summed E-state index contributed by atoms with van der Waals surface area (Å²) in [5, 5.41) is 7.08. The number of amides is 1. The van der Waals surface area contributed by atoms with Gasteiger partial charge in [0, 0.05) is 11.7 Å². The zero-order valence-electron chi connectivity index (χ0n) is 13.5. The minimum atomic E-state index is -3.03. The van der Waals surface area contributed by atoms with E-state index in [-0.39, 0.29) is 29.1 Å². The fourth-order valence-electron chi connectivity index (χ4n) is 2.74. The number of nitrogens with zero attached hydrogens (tertiary/aromatic N) is 2. The number of aryl methyl sites for hydroxylation is 1. The molecule has 1 unspecified atom stereocenters. The molecule has 1 aliphatic rings. The van der Waals surface area contributed by atoms with Gasteiger partial charge in [0.1, 0.15) is 5.75 Å². The molecule has 1 aromatic carbocycles. The molecule has 1 fully saturated rings. The van der Waals surface area contributed by atoms with E-state index in [9.17, 15) is 13.2 Å². The van der Waals surface area contributed by atoms with Gasteiger partial charge < -0.3 is 10.1 Å². The molecule has 0 spiro atoms. The Balaban J connectivity index is 1.76. The van der Waals surface area contributed by atoms with Gasteiger partial charge >= 0.3 is 0 Å². The summed E-state index contributed by atoms with van der Waals surface area (Å²) in [5.41, 5.74) is 1.90. The van der Waals surface area contributed by atoms with Crippen molar-refractivity contribution in [2.24, 2.45) is 0 Å². The Hall–Kier alpha value is -2.35. The maximum atomic E-state index is 12.3. The van der Waals surface area contributed by atoms with Crippen LogP contribution in [0.3, 0.4) is 0 Å². The largest absolute Gasteiger partial charge is 0.497 e. The molecule has 0 radical (unpaired) electrons. The molecule has 0 saturated carbocycles. The van der Waals surface area contributed by atoms with Crippen molar-refractivity contribution < 1.29 is 17.9 Å². The Morgan fingerprint density at radius 1 is 1.33 bits per heavy atom. The molecule has 1 amide bonds. The Labute approximate surface area is 140 Å². The van der Waals surface area contributed by atoms with Gasteiger partial charge in [0.25, 0.3) is 5.91 Å². The number of ether oxygens (including phenoxy) is 1. The van der Waals surface area contributed by atoms with E-state index < -0.39 is 9.84 Å². The maximum absolute atomic E-state index is 12.3. The van der Waals surface area contributed by atoms with Crippen molar-refractivity contribution in [2.45, 2.75) is 19.4 Å². The maximum Gasteiger partial charge on any atom is 0.272 e. The molecule has 24 heavy (non-hydrogen) atoms. The quantitative estimate of drug-likeness (QED) is 0.893. The Morgan fingerprint density at radius 2 is 2.04 bits per heavy atom. The number of sulfone groups is 1. The topological polar surface area (TPSA) is 90.3 Å². The predicted octanol–water partition coefficient (Wildman–Crippen LogP) is 1.11. The van der Waals surface area contributed by atoms with Crippen LogP contribution in [0.15, 0.2) is 30.3 Å². The van der Waals surface area contributed by atoms with Gasteiger partial charge in [-0.05, 0) is 43.7 Å². The van der Waals surface area contributed by atoms with Crippen molar-refractivity contribution in [3.05, 3.63) is 41.7 Å². The summed E-state index contributed by atoms with van der Waals surface area (Å²) < 4.78 is 29.7. The van der Waals surface area contributed by atoms with Crippen molar-refractivity contribution >= 4 is 15.7 Å². The lowest BCUT2D eigenvalue weighted by molar-refractivity contribution is 0.0935. The van der Waals surface area contributed by atoms with Crippen LogP contribution in [0.2, 0.25) is 0 Å². The first-order valence-corrected chi connectivity index (χ1v) is 9.42. The van der Waals surface area contributed by atoms with Gasteiger partial charge in [0.2, 0.25) is 0 Å². The average molecular weight is 349 g/mol. The summed E-state index contributed by atoms with van der Waals surface area (Å²) >= 11 is 0. The molecule has 2 aromatic rings. The third kappa shape index (κ3) is 3.43. The van der Waals surface area contributed by atoms with E-state index in [0.717, 1.165) is 17.1 Å². The zero-order valence-corrected chi connectivity index (χ0v) is 14.3. The van der Waals surface area contributed by atoms with Crippen molar-refractivity contribution in [2.75, 3.05) is 18.6 Å². The number of carbonyl (C=O) groups is 1. The number of hydrogen-bond donors (Lipinski definition) is 1. The van der Waals surface area contributed by atoms with Crippen molar-refractivity contribution in [1.29, 1.82) is 0 Å². The van der Waals surface area contributed by atoms with Crippen LogP contribution in [0.1, 0.15) is 22.6 Å². The van der Waals surface area contributed by atoms with Gasteiger partial charge in [0.15, 0.2) is 15.5 Å². The minimum absolute atomic E-state index is 0.00306. The molecule has 2 heterocycles. The highest BCUT2D eigenvalue weighted by atomic mass is 32.2. The van der Waals surface area contributed by atoms with Gasteiger partial charge in [-0.15, -0.1) is 0 Å². The Bertz CT molecular complexity index is 856. The SMILES string of the molecule is COc1ccc(-n2nc(C(=O)NC3CCS(=O)(=O)C3)cc2C)cc1. The number of benzene rings is 1. The highest BCUT2D eigenvalue weighted by Gasteiger charge is 2.29. The summed E-state index contributed by atoms with van der Waals surface area (Å²) in [6.07, 6.45) is 0.451. The number of carbonyl (C=O) groups excluding carboxylic acids is 1. The number of rotatable bonds is 4. The summed E-state index contributed by atoms with van der Waals surface area (Å²) in [6, 6.07) is 8.69. The molecular formula is C16H19N3O4S. The van der Waals surface area contributed by atoms with Crippen LogP contribution in [0.25, 0.3) is 5.69 Å². The second-order valence-electron chi connectivity index (χ2n) is 5.85. The summed E-state index contributed by atoms with van der Waals surface area (Å²) in [7, 11) is -1.43. The molecule has 128 valence electrons. The van der Waals surface area contributed by atoms with Crippen LogP contribution >= 0.6 is 0 Å². The fourth-order valence-corrected chi connectivity index (χ4v) is 4.41. The minimum Gasteiger partial charge on any atom is -0.497 e. The van der Waals surface area contributed by atoms with Gasteiger partial charge in [-0.2, -0.15) is 5.10 Å². The molecule has 7 nitrogen and oxygen atoms in total. The second-order valence-corrected chi connectivity index (χ2v) is 8.08. The summed E-state index contributed by atoms with van der Waals surface area (Å²) in [4.78, 5) is 12.3. The number of hydrogen-bond acceptors (Lipinski definition) is 5. The molecule has 1 saturated heterocycles. The van der Waals surface area contributed by atoms with Crippen molar-refractivity contribution in [1.82, 2.24) is 15.1 Å². The third-order valence-electron chi connectivity index (χ3n) is 4.00. The zero-order chi connectivity index (χ0) is 17.3. The second kappa shape index (κ2) is 6.27. The molecule has 1 aliphatic heterocycles. The lowest BCUT2D eigenvalue weighted by Crippen LogP contribution is -2.35. The van der Waals surface area contributed by atoms with Crippen molar-refractivity contribution in [3.8, 4) is 11.4 Å². The number of nitrogens with one attached hydrogen (secondary N) is 1. The first kappa shape index (κ1) is 16.5. The molecule has 0 bridgehead atoms. The van der Waals surface area contributed by atoms with E-state index in [1.165, 1.54) is 0 Å². The predicted molar refractivity (Wildman–Crippen MR) is 89.4 cm³/mol. The fraction of sp³-hybridized carbons (Fsp3) is 0.375. The first-order valence-electron chi connectivity index (χ1n) is 7.60. The van der Waals surface area contributed by atoms with E-state index in [1.807, 2.05) is 31.2 Å². The van der Waals surface area contributed by atoms with Gasteiger partial charge in [0.05, 0.1) is 24.3 Å². The molecule has 8 heteroatoms. The molecule has 1 N–H and O–H groups in total. The smallest absolute Gasteiger partial charge is 0.272 e. The van der Waals surface area contributed by atoms with Gasteiger partial charge in [-0.3, -0.25) is 4.79 Å². The molecule has 3 rings (SSSR count). The standard InChI is InChI=1S/C16H19N3O4S/c1-11-9-15(16(20)17-12-7-8-24(21,22)10-12)18-19(11)13-3-5-14(23-2)6-4-13/h3-6,9,12H,7-8,10H2,1-2H3,(H,17,20). The number of aromatic nitrogens is 2. The van der Waals surface area contributed by atoms with E-state index in [2.05, 4.69) is 10.4 Å². The monoisotopic (exact) mass is 349 g/mol. The van der Waals surface area contributed by atoms with E-state index in [4.69, 9.17) is 4.74 Å². The molecule has 0 aliphatic carbocycles. The Kier molecular flexibility index (Phi) is 4.31. The van der Waals surface area contributed by atoms with Gasteiger partial charge in [-0.1, -0.05) is 0 Å². The third-order valence-corrected chi connectivity index (χ3v) is 5.77. The van der Waals surface area contributed by atoms with Crippen molar-refractivity contribution in [3.63, 3.8) is 0 Å². The molecular weight excluding hydrogens is 330 g/mol. The highest BCUT2D eigenvalue weighted by Crippen LogP contribution is 2.17. The lowest BCUT2D eigenvalue weighted by Gasteiger charge is -2.09. The summed E-state index contributed by atoms with van der Waals surface area (Å²) in [6.45, 7) is 1.86. The molecule has 1 aromatic heterocycles. The van der Waals surface area contributed by atoms with Crippen LogP contribution < -0.4 is 10.1 Å². The summed E-state index contributed by atoms with van der Waals surface area (Å²) in [5.74, 6) is 0.505. The normalized spacial score (nSPS) is 19.2. The van der Waals surface area contributed by atoms with Crippen LogP contribution in [-0.4, -0.2) is 48.8 Å². The van der Waals surface area contributed by atoms with Crippen LogP contribution in [0.4, 0.5) is 0 Å². The molecule has 1 atom stereocenters. The van der Waals surface area contributed by atoms with E-state index >= 15 is 0 Å². The van der Waals surface area contributed by atoms with E-state index in [1.54, 1.807) is 17.9 Å². The van der Waals surface area contributed by atoms with Gasteiger partial charge in [-0.25, -0.2) is 13.1 Å². The average Bonchev–Trinajstić information content (AvgIpc) is 3.10. The first-order chi connectivity index (χ1) is 11.4. The highest BCUT2D eigenvalue weighted by molar-refractivity contribution is 7.91. The Morgan fingerprint density at radius 3 is 2.62 bits per heavy atom. The number of methoxy groups -OCH3 is 1.